The maximum Gasteiger partial charge on any atom is 0.223 e. The maximum absolute atomic E-state index is 12.1. The van der Waals surface area contributed by atoms with E-state index in [4.69, 9.17) is 0 Å². The van der Waals surface area contributed by atoms with Crippen molar-refractivity contribution in [2.45, 2.75) is 32.4 Å². The van der Waals surface area contributed by atoms with Crippen molar-refractivity contribution < 1.29 is 13.2 Å². The van der Waals surface area contributed by atoms with Gasteiger partial charge in [-0.25, -0.2) is 8.42 Å². The molecule has 1 saturated heterocycles. The molecular formula is C13H24N2O3S. The Hall–Kier alpha value is -0.880. The van der Waals surface area contributed by atoms with E-state index in [0.717, 1.165) is 19.3 Å². The Morgan fingerprint density at radius 2 is 1.95 bits per heavy atom. The standard InChI is InChI=1S/C13H24N2O3S/c1-5-7-14-9-12(3)15(10-11(14)2)13(16)6-8-19(4,17)18/h5,11-12H,1,6-10H2,2-4H3/t11-,12-/m1/s1. The summed E-state index contributed by atoms with van der Waals surface area (Å²) in [6.45, 7) is 10.1. The van der Waals surface area contributed by atoms with Crippen LogP contribution in [0.5, 0.6) is 0 Å². The topological polar surface area (TPSA) is 57.7 Å². The van der Waals surface area contributed by atoms with Crippen LogP contribution in [0.4, 0.5) is 0 Å². The smallest absolute Gasteiger partial charge is 0.223 e. The largest absolute Gasteiger partial charge is 0.337 e. The summed E-state index contributed by atoms with van der Waals surface area (Å²) in [5.74, 6) is -0.136. The zero-order valence-corrected chi connectivity index (χ0v) is 12.8. The van der Waals surface area contributed by atoms with E-state index < -0.39 is 9.84 Å². The van der Waals surface area contributed by atoms with Crippen molar-refractivity contribution in [2.75, 3.05) is 31.6 Å². The highest BCUT2D eigenvalue weighted by Crippen LogP contribution is 2.16. The molecule has 0 aromatic heterocycles. The SMILES string of the molecule is C=CCN1C[C@@H](C)N(C(=O)CCS(C)(=O)=O)C[C@H]1C. The summed E-state index contributed by atoms with van der Waals surface area (Å²) in [5, 5.41) is 0. The van der Waals surface area contributed by atoms with E-state index in [9.17, 15) is 13.2 Å². The van der Waals surface area contributed by atoms with E-state index in [1.165, 1.54) is 0 Å². The summed E-state index contributed by atoms with van der Waals surface area (Å²) in [4.78, 5) is 16.2. The number of carbonyl (C=O) groups excluding carboxylic acids is 1. The summed E-state index contributed by atoms with van der Waals surface area (Å²) in [6.07, 6.45) is 3.11. The molecule has 0 unspecified atom stereocenters. The van der Waals surface area contributed by atoms with E-state index in [0.29, 0.717) is 6.54 Å². The van der Waals surface area contributed by atoms with Crippen molar-refractivity contribution in [3.63, 3.8) is 0 Å². The van der Waals surface area contributed by atoms with Crippen LogP contribution in [0, 0.1) is 0 Å². The van der Waals surface area contributed by atoms with Crippen LogP contribution in [0.3, 0.4) is 0 Å². The summed E-state index contributed by atoms with van der Waals surface area (Å²) < 4.78 is 22.2. The molecule has 110 valence electrons. The van der Waals surface area contributed by atoms with Gasteiger partial charge < -0.3 is 4.90 Å². The fourth-order valence-corrected chi connectivity index (χ4v) is 2.93. The van der Waals surface area contributed by atoms with Crippen LogP contribution >= 0.6 is 0 Å². The fraction of sp³-hybridized carbons (Fsp3) is 0.769. The number of sulfone groups is 1. The monoisotopic (exact) mass is 288 g/mol. The second-order valence-corrected chi connectivity index (χ2v) is 7.63. The number of hydrogen-bond acceptors (Lipinski definition) is 4. The van der Waals surface area contributed by atoms with Crippen molar-refractivity contribution in [2.24, 2.45) is 0 Å². The number of amides is 1. The van der Waals surface area contributed by atoms with Crippen LogP contribution in [0.25, 0.3) is 0 Å². The minimum absolute atomic E-state index is 0.0666. The Bertz CT molecular complexity index is 433. The molecule has 1 fully saturated rings. The molecule has 0 N–H and O–H groups in total. The fourth-order valence-electron chi connectivity index (χ4n) is 2.38. The summed E-state index contributed by atoms with van der Waals surface area (Å²) in [7, 11) is -3.08. The van der Waals surface area contributed by atoms with Gasteiger partial charge in [-0.05, 0) is 13.8 Å². The molecule has 5 nitrogen and oxygen atoms in total. The molecular weight excluding hydrogens is 264 g/mol. The van der Waals surface area contributed by atoms with Crippen LogP contribution in [0.2, 0.25) is 0 Å². The van der Waals surface area contributed by atoms with Gasteiger partial charge in [0.1, 0.15) is 9.84 Å². The molecule has 0 radical (unpaired) electrons. The lowest BCUT2D eigenvalue weighted by molar-refractivity contribution is -0.136. The first-order valence-corrected chi connectivity index (χ1v) is 8.62. The molecule has 1 aliphatic heterocycles. The van der Waals surface area contributed by atoms with Crippen molar-refractivity contribution in [3.05, 3.63) is 12.7 Å². The summed E-state index contributed by atoms with van der Waals surface area (Å²) in [6, 6.07) is 0.389. The first-order valence-electron chi connectivity index (χ1n) is 6.56. The minimum atomic E-state index is -3.08. The molecule has 6 heteroatoms. The second kappa shape index (κ2) is 6.52. The van der Waals surface area contributed by atoms with Gasteiger partial charge in [-0.15, -0.1) is 6.58 Å². The molecule has 1 aliphatic rings. The van der Waals surface area contributed by atoms with E-state index in [1.807, 2.05) is 13.0 Å². The maximum atomic E-state index is 12.1. The van der Waals surface area contributed by atoms with Gasteiger partial charge in [0, 0.05) is 44.4 Å². The normalized spacial score (nSPS) is 25.3. The van der Waals surface area contributed by atoms with Crippen LogP contribution in [0.15, 0.2) is 12.7 Å². The van der Waals surface area contributed by atoms with Crippen molar-refractivity contribution in [1.29, 1.82) is 0 Å². The van der Waals surface area contributed by atoms with Gasteiger partial charge in [-0.2, -0.15) is 0 Å². The molecule has 0 aromatic carbocycles. The average Bonchev–Trinajstić information content (AvgIpc) is 2.30. The Morgan fingerprint density at radius 1 is 1.32 bits per heavy atom. The lowest BCUT2D eigenvalue weighted by Crippen LogP contribution is -2.58. The predicted octanol–water partition coefficient (Wildman–Crippen LogP) is 0.528. The quantitative estimate of drug-likeness (QED) is 0.692. The van der Waals surface area contributed by atoms with Gasteiger partial charge in [-0.3, -0.25) is 9.69 Å². The third-order valence-electron chi connectivity index (χ3n) is 3.49. The van der Waals surface area contributed by atoms with Crippen molar-refractivity contribution in [1.82, 2.24) is 9.80 Å². The second-order valence-electron chi connectivity index (χ2n) is 5.37. The Morgan fingerprint density at radius 3 is 2.47 bits per heavy atom. The lowest BCUT2D eigenvalue weighted by atomic mass is 10.1. The van der Waals surface area contributed by atoms with E-state index >= 15 is 0 Å². The highest BCUT2D eigenvalue weighted by Gasteiger charge is 2.31. The van der Waals surface area contributed by atoms with Gasteiger partial charge in [0.25, 0.3) is 0 Å². The highest BCUT2D eigenvalue weighted by atomic mass is 32.2. The number of hydrogen-bond donors (Lipinski definition) is 0. The zero-order chi connectivity index (χ0) is 14.6. The van der Waals surface area contributed by atoms with E-state index in [2.05, 4.69) is 18.4 Å². The van der Waals surface area contributed by atoms with Gasteiger partial charge in [0.2, 0.25) is 5.91 Å². The van der Waals surface area contributed by atoms with E-state index in [-0.39, 0.29) is 30.2 Å². The molecule has 19 heavy (non-hydrogen) atoms. The highest BCUT2D eigenvalue weighted by molar-refractivity contribution is 7.90. The third-order valence-corrected chi connectivity index (χ3v) is 4.43. The summed E-state index contributed by atoms with van der Waals surface area (Å²) in [5.41, 5.74) is 0. The summed E-state index contributed by atoms with van der Waals surface area (Å²) >= 11 is 0. The van der Waals surface area contributed by atoms with Crippen LogP contribution in [-0.4, -0.2) is 67.9 Å². The van der Waals surface area contributed by atoms with Crippen molar-refractivity contribution >= 4 is 15.7 Å². The average molecular weight is 288 g/mol. The first kappa shape index (κ1) is 16.2. The van der Waals surface area contributed by atoms with E-state index in [1.54, 1.807) is 4.90 Å². The van der Waals surface area contributed by atoms with Crippen LogP contribution < -0.4 is 0 Å². The third kappa shape index (κ3) is 4.95. The lowest BCUT2D eigenvalue weighted by Gasteiger charge is -2.43. The predicted molar refractivity (Wildman–Crippen MR) is 76.7 cm³/mol. The Balaban J connectivity index is 2.60. The molecule has 0 bridgehead atoms. The van der Waals surface area contributed by atoms with Crippen LogP contribution in [-0.2, 0) is 14.6 Å². The van der Waals surface area contributed by atoms with Gasteiger partial charge in [0.15, 0.2) is 0 Å². The van der Waals surface area contributed by atoms with Gasteiger partial charge in [0.05, 0.1) is 5.75 Å². The molecule has 1 heterocycles. The Labute approximate surface area is 116 Å². The number of piperazine rings is 1. The number of carbonyl (C=O) groups is 1. The molecule has 1 amide bonds. The Kier molecular flexibility index (Phi) is 5.55. The first-order chi connectivity index (χ1) is 8.74. The molecule has 0 saturated carbocycles. The molecule has 0 aromatic rings. The van der Waals surface area contributed by atoms with Gasteiger partial charge in [-0.1, -0.05) is 6.08 Å². The number of nitrogens with zero attached hydrogens (tertiary/aromatic N) is 2. The van der Waals surface area contributed by atoms with Crippen molar-refractivity contribution in [3.8, 4) is 0 Å². The minimum Gasteiger partial charge on any atom is -0.337 e. The van der Waals surface area contributed by atoms with Crippen LogP contribution in [0.1, 0.15) is 20.3 Å². The zero-order valence-electron chi connectivity index (χ0n) is 12.0. The molecule has 0 aliphatic carbocycles. The molecule has 1 rings (SSSR count). The molecule has 0 spiro atoms. The molecule has 2 atom stereocenters. The van der Waals surface area contributed by atoms with Gasteiger partial charge >= 0.3 is 0 Å². The number of rotatable bonds is 5.